The molecule has 15 heavy (non-hydrogen) atoms. The molecule has 0 saturated heterocycles. The molecule has 0 aliphatic heterocycles. The fraction of sp³-hybridized carbons (Fsp3) is 0.636. The second-order valence-electron chi connectivity index (χ2n) is 4.14. The number of hydrogen-bond acceptors (Lipinski definition) is 4. The van der Waals surface area contributed by atoms with Crippen LogP contribution in [0.3, 0.4) is 0 Å². The molecule has 1 aliphatic rings. The predicted molar refractivity (Wildman–Crippen MR) is 55.6 cm³/mol. The van der Waals surface area contributed by atoms with Gasteiger partial charge in [-0.2, -0.15) is 5.26 Å². The Bertz CT molecular complexity index is 330. The molecule has 1 aliphatic carbocycles. The third-order valence-corrected chi connectivity index (χ3v) is 3.00. The molecule has 2 atom stereocenters. The number of allylic oxidation sites excluding steroid dienone is 1. The van der Waals surface area contributed by atoms with Crippen LogP contribution in [0.15, 0.2) is 11.6 Å². The molecule has 82 valence electrons. The molecule has 0 saturated carbocycles. The van der Waals surface area contributed by atoms with Crippen LogP contribution in [0.1, 0.15) is 26.2 Å². The summed E-state index contributed by atoms with van der Waals surface area (Å²) in [6.45, 7) is 1.88. The number of carbonyl (C=O) groups excluding carboxylic acids is 1. The summed E-state index contributed by atoms with van der Waals surface area (Å²) in [6, 6.07) is 1.46. The first-order chi connectivity index (χ1) is 7.03. The lowest BCUT2D eigenvalue weighted by Crippen LogP contribution is -2.33. The highest BCUT2D eigenvalue weighted by Gasteiger charge is 2.36. The quantitative estimate of drug-likeness (QED) is 0.545. The highest BCUT2D eigenvalue weighted by molar-refractivity contribution is 5.76. The lowest BCUT2D eigenvalue weighted by molar-refractivity contribution is -0.152. The van der Waals surface area contributed by atoms with Crippen molar-refractivity contribution in [3.8, 4) is 6.07 Å². The van der Waals surface area contributed by atoms with E-state index in [1.807, 2.05) is 19.1 Å². The van der Waals surface area contributed by atoms with Gasteiger partial charge in [-0.05, 0) is 31.8 Å². The molecule has 0 heterocycles. The molecule has 2 unspecified atom stereocenters. The first-order valence-electron chi connectivity index (χ1n) is 4.96. The van der Waals surface area contributed by atoms with E-state index in [1.165, 1.54) is 7.11 Å². The molecular weight excluding hydrogens is 192 g/mol. The van der Waals surface area contributed by atoms with Crippen LogP contribution in [0.4, 0.5) is 0 Å². The number of nitrogens with two attached hydrogens (primary N) is 1. The third-order valence-electron chi connectivity index (χ3n) is 3.00. The maximum Gasteiger partial charge on any atom is 0.311 e. The minimum absolute atomic E-state index is 0.191. The van der Waals surface area contributed by atoms with Gasteiger partial charge >= 0.3 is 5.97 Å². The van der Waals surface area contributed by atoms with E-state index in [9.17, 15) is 4.79 Å². The van der Waals surface area contributed by atoms with Crippen molar-refractivity contribution in [2.24, 2.45) is 11.1 Å². The summed E-state index contributed by atoms with van der Waals surface area (Å²) in [6.07, 6.45) is 3.89. The average molecular weight is 208 g/mol. The monoisotopic (exact) mass is 208 g/mol. The molecule has 0 aromatic heterocycles. The fourth-order valence-electron chi connectivity index (χ4n) is 1.78. The Morgan fingerprint density at radius 2 is 2.47 bits per heavy atom. The van der Waals surface area contributed by atoms with Gasteiger partial charge in [-0.15, -0.1) is 0 Å². The molecule has 0 aromatic carbocycles. The van der Waals surface area contributed by atoms with Crippen LogP contribution in [0.25, 0.3) is 0 Å². The Morgan fingerprint density at radius 3 is 2.87 bits per heavy atom. The number of methoxy groups -OCH3 is 1. The Hall–Kier alpha value is -1.34. The molecule has 0 spiro atoms. The standard InChI is InChI=1S/C11H16N2O2/c1-11(10(14)15-2)5-3-8(4-6-11)9(13)7-12/h3,9H,4-6,13H2,1-2H3. The van der Waals surface area contributed by atoms with Crippen molar-refractivity contribution < 1.29 is 9.53 Å². The Morgan fingerprint density at radius 1 is 1.80 bits per heavy atom. The number of nitrogens with zero attached hydrogens (tertiary/aromatic N) is 1. The Kier molecular flexibility index (Phi) is 3.48. The highest BCUT2D eigenvalue weighted by Crippen LogP contribution is 2.36. The maximum absolute atomic E-state index is 11.5. The number of rotatable bonds is 2. The van der Waals surface area contributed by atoms with Crippen LogP contribution in [0, 0.1) is 16.7 Å². The van der Waals surface area contributed by atoms with Gasteiger partial charge in [0, 0.05) is 0 Å². The van der Waals surface area contributed by atoms with Gasteiger partial charge in [-0.1, -0.05) is 6.08 Å². The van der Waals surface area contributed by atoms with E-state index < -0.39 is 11.5 Å². The zero-order chi connectivity index (χ0) is 11.5. The van der Waals surface area contributed by atoms with Gasteiger partial charge in [-0.3, -0.25) is 4.79 Å². The summed E-state index contributed by atoms with van der Waals surface area (Å²) in [5.41, 5.74) is 6.08. The van der Waals surface area contributed by atoms with Gasteiger partial charge in [0.05, 0.1) is 18.6 Å². The second-order valence-corrected chi connectivity index (χ2v) is 4.14. The molecule has 0 radical (unpaired) electrons. The van der Waals surface area contributed by atoms with Gasteiger partial charge in [0.15, 0.2) is 0 Å². The van der Waals surface area contributed by atoms with E-state index in [0.29, 0.717) is 19.3 Å². The Labute approximate surface area is 89.7 Å². The van der Waals surface area contributed by atoms with E-state index in [-0.39, 0.29) is 5.97 Å². The Balaban J connectivity index is 2.73. The lowest BCUT2D eigenvalue weighted by Gasteiger charge is -2.30. The topological polar surface area (TPSA) is 76.1 Å². The van der Waals surface area contributed by atoms with Crippen molar-refractivity contribution in [2.75, 3.05) is 7.11 Å². The van der Waals surface area contributed by atoms with Crippen LogP contribution in [-0.4, -0.2) is 19.1 Å². The number of carbonyl (C=O) groups is 1. The summed E-state index contributed by atoms with van der Waals surface area (Å²) in [5, 5.41) is 8.67. The van der Waals surface area contributed by atoms with Crippen molar-refractivity contribution >= 4 is 5.97 Å². The number of nitriles is 1. The maximum atomic E-state index is 11.5. The van der Waals surface area contributed by atoms with E-state index >= 15 is 0 Å². The molecule has 2 N–H and O–H groups in total. The SMILES string of the molecule is COC(=O)C1(C)CC=C(C(N)C#N)CC1. The van der Waals surface area contributed by atoms with Crippen LogP contribution < -0.4 is 5.73 Å². The van der Waals surface area contributed by atoms with Gasteiger partial charge in [0.1, 0.15) is 6.04 Å². The molecule has 4 nitrogen and oxygen atoms in total. The van der Waals surface area contributed by atoms with Crippen molar-refractivity contribution in [1.82, 2.24) is 0 Å². The molecule has 0 aromatic rings. The van der Waals surface area contributed by atoms with Crippen LogP contribution in [0.2, 0.25) is 0 Å². The van der Waals surface area contributed by atoms with Crippen LogP contribution in [0.5, 0.6) is 0 Å². The highest BCUT2D eigenvalue weighted by atomic mass is 16.5. The van der Waals surface area contributed by atoms with Crippen molar-refractivity contribution in [3.05, 3.63) is 11.6 Å². The minimum Gasteiger partial charge on any atom is -0.469 e. The molecular formula is C11H16N2O2. The summed E-state index contributed by atoms with van der Waals surface area (Å²) < 4.78 is 4.75. The third kappa shape index (κ3) is 2.37. The number of hydrogen-bond donors (Lipinski definition) is 1. The second kappa shape index (κ2) is 4.45. The summed E-state index contributed by atoms with van der Waals surface area (Å²) in [4.78, 5) is 11.5. The first-order valence-corrected chi connectivity index (χ1v) is 4.96. The smallest absolute Gasteiger partial charge is 0.311 e. The normalized spacial score (nSPS) is 27.5. The molecule has 0 amide bonds. The number of ether oxygens (including phenoxy) is 1. The lowest BCUT2D eigenvalue weighted by atomic mass is 9.75. The zero-order valence-electron chi connectivity index (χ0n) is 9.12. The van der Waals surface area contributed by atoms with Gasteiger partial charge in [-0.25, -0.2) is 0 Å². The molecule has 0 bridgehead atoms. The molecule has 1 rings (SSSR count). The fourth-order valence-corrected chi connectivity index (χ4v) is 1.78. The van der Waals surface area contributed by atoms with Crippen LogP contribution >= 0.6 is 0 Å². The summed E-state index contributed by atoms with van der Waals surface area (Å²) in [5.74, 6) is -0.191. The van der Waals surface area contributed by atoms with Gasteiger partial charge in [0.2, 0.25) is 0 Å². The van der Waals surface area contributed by atoms with E-state index in [4.69, 9.17) is 15.7 Å². The van der Waals surface area contributed by atoms with Crippen molar-refractivity contribution in [1.29, 1.82) is 5.26 Å². The zero-order valence-corrected chi connectivity index (χ0v) is 9.12. The number of esters is 1. The minimum atomic E-state index is -0.535. The first kappa shape index (κ1) is 11.7. The summed E-state index contributed by atoms with van der Waals surface area (Å²) >= 11 is 0. The van der Waals surface area contributed by atoms with E-state index in [2.05, 4.69) is 0 Å². The van der Waals surface area contributed by atoms with Gasteiger partial charge < -0.3 is 10.5 Å². The van der Waals surface area contributed by atoms with Crippen molar-refractivity contribution in [3.63, 3.8) is 0 Å². The average Bonchev–Trinajstić information content (AvgIpc) is 2.28. The molecule has 4 heteroatoms. The van der Waals surface area contributed by atoms with Crippen molar-refractivity contribution in [2.45, 2.75) is 32.2 Å². The van der Waals surface area contributed by atoms with Gasteiger partial charge in [0.25, 0.3) is 0 Å². The largest absolute Gasteiger partial charge is 0.469 e. The van der Waals surface area contributed by atoms with E-state index in [1.54, 1.807) is 0 Å². The predicted octanol–water partition coefficient (Wildman–Crippen LogP) is 1.13. The molecule has 0 fully saturated rings. The van der Waals surface area contributed by atoms with E-state index in [0.717, 1.165) is 5.57 Å². The van der Waals surface area contributed by atoms with Crippen LogP contribution in [-0.2, 0) is 9.53 Å². The summed E-state index contributed by atoms with van der Waals surface area (Å²) in [7, 11) is 1.40.